The van der Waals surface area contributed by atoms with Gasteiger partial charge in [0.15, 0.2) is 0 Å². The summed E-state index contributed by atoms with van der Waals surface area (Å²) in [5.41, 5.74) is 0.912. The highest BCUT2D eigenvalue weighted by molar-refractivity contribution is 5.57. The lowest BCUT2D eigenvalue weighted by molar-refractivity contribution is 0.457. The first kappa shape index (κ1) is 16.0. The van der Waals surface area contributed by atoms with Gasteiger partial charge >= 0.3 is 0 Å². The van der Waals surface area contributed by atoms with Gasteiger partial charge in [-0.05, 0) is 12.8 Å². The van der Waals surface area contributed by atoms with Crippen LogP contribution in [0.25, 0.3) is 0 Å². The Morgan fingerprint density at radius 1 is 0.800 bits per heavy atom. The van der Waals surface area contributed by atoms with Crippen molar-refractivity contribution in [1.82, 2.24) is 0 Å². The second-order valence-corrected chi connectivity index (χ2v) is 4.70. The minimum atomic E-state index is 0.0755. The van der Waals surface area contributed by atoms with Crippen molar-refractivity contribution >= 4 is 0 Å². The molecule has 20 heavy (non-hydrogen) atoms. The van der Waals surface area contributed by atoms with E-state index in [1.165, 1.54) is 12.1 Å². The van der Waals surface area contributed by atoms with Crippen molar-refractivity contribution in [2.75, 3.05) is 0 Å². The quantitative estimate of drug-likeness (QED) is 0.489. The molecule has 1 aromatic carbocycles. The van der Waals surface area contributed by atoms with E-state index in [1.54, 1.807) is 0 Å². The van der Waals surface area contributed by atoms with Crippen LogP contribution in [0.5, 0.6) is 11.5 Å². The summed E-state index contributed by atoms with van der Waals surface area (Å²) in [7, 11) is 0. The molecule has 0 aromatic heterocycles. The molecule has 0 aliphatic rings. The number of benzene rings is 1. The first-order valence-corrected chi connectivity index (χ1v) is 7.22. The van der Waals surface area contributed by atoms with Crippen molar-refractivity contribution in [3.8, 4) is 35.2 Å². The van der Waals surface area contributed by atoms with Crippen LogP contribution in [0.1, 0.15) is 63.5 Å². The Kier molecular flexibility index (Phi) is 7.15. The highest BCUT2D eigenvalue weighted by Crippen LogP contribution is 2.26. The molecule has 0 aliphatic carbocycles. The van der Waals surface area contributed by atoms with Gasteiger partial charge in [-0.1, -0.05) is 50.4 Å². The van der Waals surface area contributed by atoms with E-state index in [9.17, 15) is 10.2 Å². The number of rotatable bonds is 4. The molecule has 2 nitrogen and oxygen atoms in total. The SMILES string of the molecule is CCCCC#Cc1cc(O)c(C#CCCCC)cc1O. The maximum atomic E-state index is 9.89. The fourth-order valence-corrected chi connectivity index (χ4v) is 1.62. The number of hydrogen-bond acceptors (Lipinski definition) is 2. The van der Waals surface area contributed by atoms with Crippen molar-refractivity contribution in [2.45, 2.75) is 52.4 Å². The van der Waals surface area contributed by atoms with Gasteiger partial charge in [-0.15, -0.1) is 0 Å². The molecule has 1 aromatic rings. The molecule has 106 valence electrons. The molecule has 1 rings (SSSR count). The summed E-state index contributed by atoms with van der Waals surface area (Å²) >= 11 is 0. The van der Waals surface area contributed by atoms with Gasteiger partial charge < -0.3 is 10.2 Å². The molecule has 0 bridgehead atoms. The summed E-state index contributed by atoms with van der Waals surface area (Å²) in [6.07, 6.45) is 5.88. The predicted molar refractivity (Wildman–Crippen MR) is 82.6 cm³/mol. The van der Waals surface area contributed by atoms with Crippen LogP contribution >= 0.6 is 0 Å². The third kappa shape index (κ3) is 5.29. The zero-order valence-corrected chi connectivity index (χ0v) is 12.3. The van der Waals surface area contributed by atoms with Crippen molar-refractivity contribution in [1.29, 1.82) is 0 Å². The van der Waals surface area contributed by atoms with Gasteiger partial charge in [0.2, 0.25) is 0 Å². The smallest absolute Gasteiger partial charge is 0.132 e. The second kappa shape index (κ2) is 8.94. The van der Waals surface area contributed by atoms with Gasteiger partial charge in [0.1, 0.15) is 11.5 Å². The van der Waals surface area contributed by atoms with E-state index in [0.717, 1.165) is 38.5 Å². The maximum Gasteiger partial charge on any atom is 0.132 e. The highest BCUT2D eigenvalue weighted by atomic mass is 16.3. The van der Waals surface area contributed by atoms with Crippen LogP contribution in [-0.4, -0.2) is 10.2 Å². The summed E-state index contributed by atoms with van der Waals surface area (Å²) in [4.78, 5) is 0. The number of phenolic OH excluding ortho intramolecular Hbond substituents is 2. The molecule has 0 saturated heterocycles. The first-order valence-electron chi connectivity index (χ1n) is 7.22. The van der Waals surface area contributed by atoms with Gasteiger partial charge in [0, 0.05) is 25.0 Å². The molecular weight excluding hydrogens is 248 g/mol. The number of phenols is 2. The molecule has 0 amide bonds. The molecule has 0 heterocycles. The van der Waals surface area contributed by atoms with Crippen LogP contribution < -0.4 is 0 Å². The molecular formula is C18H22O2. The molecule has 0 unspecified atom stereocenters. The average Bonchev–Trinajstić information content (AvgIpc) is 2.44. The monoisotopic (exact) mass is 270 g/mol. The zero-order chi connectivity index (χ0) is 14.8. The van der Waals surface area contributed by atoms with E-state index in [-0.39, 0.29) is 11.5 Å². The fourth-order valence-electron chi connectivity index (χ4n) is 1.62. The van der Waals surface area contributed by atoms with Crippen LogP contribution in [0.4, 0.5) is 0 Å². The maximum absolute atomic E-state index is 9.89. The lowest BCUT2D eigenvalue weighted by Gasteiger charge is -2.01. The minimum absolute atomic E-state index is 0.0755. The molecule has 0 fully saturated rings. The number of aromatic hydroxyl groups is 2. The Balaban J connectivity index is 2.84. The molecule has 2 N–H and O–H groups in total. The van der Waals surface area contributed by atoms with Gasteiger partial charge in [0.05, 0.1) is 11.1 Å². The predicted octanol–water partition coefficient (Wildman–Crippen LogP) is 4.18. The van der Waals surface area contributed by atoms with Crippen LogP contribution in [0.2, 0.25) is 0 Å². The molecule has 0 aliphatic heterocycles. The molecule has 0 spiro atoms. The largest absolute Gasteiger partial charge is 0.507 e. The summed E-state index contributed by atoms with van der Waals surface area (Å²) < 4.78 is 0. The topological polar surface area (TPSA) is 40.5 Å². The Bertz CT molecular complexity index is 499. The van der Waals surface area contributed by atoms with E-state index in [0.29, 0.717) is 11.1 Å². The number of hydrogen-bond donors (Lipinski definition) is 2. The third-order valence-corrected chi connectivity index (χ3v) is 2.87. The lowest BCUT2D eigenvalue weighted by atomic mass is 10.1. The van der Waals surface area contributed by atoms with E-state index in [2.05, 4.69) is 37.5 Å². The lowest BCUT2D eigenvalue weighted by Crippen LogP contribution is -1.83. The van der Waals surface area contributed by atoms with Crippen LogP contribution in [0.15, 0.2) is 12.1 Å². The minimum Gasteiger partial charge on any atom is -0.507 e. The first-order chi connectivity index (χ1) is 9.69. The average molecular weight is 270 g/mol. The van der Waals surface area contributed by atoms with Gasteiger partial charge in [-0.3, -0.25) is 0 Å². The van der Waals surface area contributed by atoms with Crippen molar-refractivity contribution < 1.29 is 10.2 Å². The Morgan fingerprint density at radius 3 is 1.55 bits per heavy atom. The Labute approximate surface area is 121 Å². The van der Waals surface area contributed by atoms with Crippen molar-refractivity contribution in [2.24, 2.45) is 0 Å². The van der Waals surface area contributed by atoms with Crippen molar-refractivity contribution in [3.05, 3.63) is 23.3 Å². The Hall–Kier alpha value is -2.06. The molecule has 2 heteroatoms. The van der Waals surface area contributed by atoms with Crippen LogP contribution in [-0.2, 0) is 0 Å². The fraction of sp³-hybridized carbons (Fsp3) is 0.444. The van der Waals surface area contributed by atoms with E-state index in [4.69, 9.17) is 0 Å². The number of unbranched alkanes of at least 4 members (excludes halogenated alkanes) is 4. The summed E-state index contributed by atoms with van der Waals surface area (Å²) in [6, 6.07) is 2.97. The van der Waals surface area contributed by atoms with Gasteiger partial charge in [-0.25, -0.2) is 0 Å². The van der Waals surface area contributed by atoms with E-state index >= 15 is 0 Å². The normalized spacial score (nSPS) is 9.30. The second-order valence-electron chi connectivity index (χ2n) is 4.70. The third-order valence-electron chi connectivity index (χ3n) is 2.87. The highest BCUT2D eigenvalue weighted by Gasteiger charge is 2.05. The van der Waals surface area contributed by atoms with Gasteiger partial charge in [0.25, 0.3) is 0 Å². The molecule has 0 saturated carbocycles. The van der Waals surface area contributed by atoms with Crippen LogP contribution in [0, 0.1) is 23.7 Å². The van der Waals surface area contributed by atoms with E-state index in [1.807, 2.05) is 0 Å². The van der Waals surface area contributed by atoms with Gasteiger partial charge in [-0.2, -0.15) is 0 Å². The summed E-state index contributed by atoms with van der Waals surface area (Å²) in [5.74, 6) is 11.9. The molecule has 0 atom stereocenters. The van der Waals surface area contributed by atoms with Crippen LogP contribution in [0.3, 0.4) is 0 Å². The van der Waals surface area contributed by atoms with E-state index < -0.39 is 0 Å². The Morgan fingerprint density at radius 2 is 1.20 bits per heavy atom. The van der Waals surface area contributed by atoms with Crippen molar-refractivity contribution in [3.63, 3.8) is 0 Å². The summed E-state index contributed by atoms with van der Waals surface area (Å²) in [5, 5.41) is 19.8. The standard InChI is InChI=1S/C18H22O2/c1-3-5-7-9-11-15-13-18(20)16(14-17(15)19)12-10-8-6-4-2/h13-14,19-20H,3-8H2,1-2H3. The zero-order valence-electron chi connectivity index (χ0n) is 12.3. The molecule has 0 radical (unpaired) electrons. The summed E-state index contributed by atoms with van der Waals surface area (Å²) in [6.45, 7) is 4.22.